The summed E-state index contributed by atoms with van der Waals surface area (Å²) < 4.78 is 1.12. The summed E-state index contributed by atoms with van der Waals surface area (Å²) >= 11 is 0. The molecule has 0 saturated heterocycles. The van der Waals surface area contributed by atoms with Gasteiger partial charge >= 0.3 is 0 Å². The van der Waals surface area contributed by atoms with Gasteiger partial charge in [-0.15, -0.1) is 0 Å². The van der Waals surface area contributed by atoms with Gasteiger partial charge in [0.1, 0.15) is 13.1 Å². The molecule has 0 aromatic heterocycles. The Hall–Kier alpha value is -2.84. The molecule has 0 aliphatic heterocycles. The van der Waals surface area contributed by atoms with Crippen LogP contribution in [0.25, 0.3) is 11.1 Å². The van der Waals surface area contributed by atoms with E-state index in [0.29, 0.717) is 44.3 Å². The van der Waals surface area contributed by atoms with E-state index >= 15 is 0 Å². The summed E-state index contributed by atoms with van der Waals surface area (Å²) in [6, 6.07) is 10.1. The molecule has 8 heteroatoms. The Kier molecular flexibility index (Phi) is 5.86. The maximum atomic E-state index is 11.6. The van der Waals surface area contributed by atoms with Crippen LogP contribution in [-0.4, -0.2) is 61.1 Å². The zero-order chi connectivity index (χ0) is 21.3. The topological polar surface area (TPSA) is 86.3 Å². The number of hydrogen-bond donors (Lipinski definition) is 0. The largest absolute Gasteiger partial charge is 0.327 e. The SMILES string of the molecule is C[N+](C)(C)Cc1ccc(-c2ccc(C[N+](C)(C)C)c([N+](=O)[O-])c2)cc1[N+](=O)[O-]. The first-order valence-electron chi connectivity index (χ1n) is 8.93. The van der Waals surface area contributed by atoms with Gasteiger partial charge in [0.25, 0.3) is 11.4 Å². The normalized spacial score (nSPS) is 12.1. The van der Waals surface area contributed by atoms with Crippen LogP contribution in [0.4, 0.5) is 11.4 Å². The monoisotopic (exact) mass is 388 g/mol. The average Bonchev–Trinajstić information content (AvgIpc) is 2.52. The predicted octanol–water partition coefficient (Wildman–Crippen LogP) is 3.58. The Labute approximate surface area is 165 Å². The van der Waals surface area contributed by atoms with E-state index in [-0.39, 0.29) is 11.4 Å². The Balaban J connectivity index is 2.52. The van der Waals surface area contributed by atoms with Crippen LogP contribution >= 0.6 is 0 Å². The maximum Gasteiger partial charge on any atom is 0.278 e. The Morgan fingerprint density at radius 2 is 1.00 bits per heavy atom. The fourth-order valence-electron chi connectivity index (χ4n) is 3.12. The van der Waals surface area contributed by atoms with Crippen LogP contribution in [0, 0.1) is 20.2 Å². The average molecular weight is 388 g/mol. The van der Waals surface area contributed by atoms with Crippen molar-refractivity contribution in [3.63, 3.8) is 0 Å². The molecular formula is C20H28N4O4+2. The smallest absolute Gasteiger partial charge is 0.278 e. The third-order valence-electron chi connectivity index (χ3n) is 4.19. The van der Waals surface area contributed by atoms with E-state index in [2.05, 4.69) is 0 Å². The van der Waals surface area contributed by atoms with Crippen LogP contribution in [0.5, 0.6) is 0 Å². The van der Waals surface area contributed by atoms with Gasteiger partial charge < -0.3 is 8.97 Å². The number of nitrogens with zero attached hydrogens (tertiary/aromatic N) is 4. The summed E-state index contributed by atoms with van der Waals surface area (Å²) in [7, 11) is 11.8. The molecule has 0 amide bonds. The second kappa shape index (κ2) is 7.65. The second-order valence-corrected chi connectivity index (χ2v) is 9.10. The van der Waals surface area contributed by atoms with Crippen LogP contribution in [0.15, 0.2) is 36.4 Å². The van der Waals surface area contributed by atoms with Crippen molar-refractivity contribution in [1.82, 2.24) is 0 Å². The predicted molar refractivity (Wildman–Crippen MR) is 109 cm³/mol. The Morgan fingerprint density at radius 1 is 0.679 bits per heavy atom. The Morgan fingerprint density at radius 3 is 1.25 bits per heavy atom. The lowest BCUT2D eigenvalue weighted by atomic mass is 9.99. The third kappa shape index (κ3) is 5.58. The molecule has 2 aromatic carbocycles. The van der Waals surface area contributed by atoms with Crippen molar-refractivity contribution >= 4 is 11.4 Å². The number of nitro groups is 2. The van der Waals surface area contributed by atoms with Gasteiger partial charge in [-0.1, -0.05) is 12.1 Å². The minimum absolute atomic E-state index is 0.0311. The zero-order valence-electron chi connectivity index (χ0n) is 17.3. The molecule has 0 saturated carbocycles. The summed E-state index contributed by atoms with van der Waals surface area (Å²) in [5.41, 5.74) is 2.52. The van der Waals surface area contributed by atoms with Gasteiger partial charge in [-0.05, 0) is 23.3 Å². The fraction of sp³-hybridized carbons (Fsp3) is 0.400. The van der Waals surface area contributed by atoms with Crippen LogP contribution in [-0.2, 0) is 13.1 Å². The van der Waals surface area contributed by atoms with Crippen molar-refractivity contribution in [2.45, 2.75) is 13.1 Å². The first-order valence-corrected chi connectivity index (χ1v) is 8.93. The summed E-state index contributed by atoms with van der Waals surface area (Å²) in [6.45, 7) is 1.03. The third-order valence-corrected chi connectivity index (χ3v) is 4.19. The summed E-state index contributed by atoms with van der Waals surface area (Å²) in [5, 5.41) is 23.1. The molecule has 0 unspecified atom stereocenters. The van der Waals surface area contributed by atoms with Gasteiger partial charge in [0.2, 0.25) is 0 Å². The van der Waals surface area contributed by atoms with Crippen molar-refractivity contribution in [3.8, 4) is 11.1 Å². The lowest BCUT2D eigenvalue weighted by molar-refractivity contribution is -0.884. The molecule has 8 nitrogen and oxygen atoms in total. The van der Waals surface area contributed by atoms with Gasteiger partial charge in [-0.2, -0.15) is 0 Å². The first-order chi connectivity index (χ1) is 12.8. The molecule has 0 aliphatic rings. The quantitative estimate of drug-likeness (QED) is 0.412. The minimum atomic E-state index is -0.394. The number of hydrogen-bond acceptors (Lipinski definition) is 4. The highest BCUT2D eigenvalue weighted by Crippen LogP contribution is 2.32. The fourth-order valence-corrected chi connectivity index (χ4v) is 3.12. The summed E-state index contributed by atoms with van der Waals surface area (Å²) in [4.78, 5) is 22.3. The molecule has 2 rings (SSSR count). The maximum absolute atomic E-state index is 11.6. The molecule has 0 bridgehead atoms. The molecule has 0 radical (unpaired) electrons. The second-order valence-electron chi connectivity index (χ2n) is 9.10. The van der Waals surface area contributed by atoms with Crippen LogP contribution in [0.1, 0.15) is 11.1 Å². The van der Waals surface area contributed by atoms with Gasteiger partial charge in [-0.3, -0.25) is 20.2 Å². The Bertz CT molecular complexity index is 836. The number of nitro benzene ring substituents is 2. The van der Waals surface area contributed by atoms with Gasteiger partial charge in [0, 0.05) is 12.1 Å². The van der Waals surface area contributed by atoms with E-state index in [9.17, 15) is 20.2 Å². The van der Waals surface area contributed by atoms with Gasteiger partial charge in [-0.25, -0.2) is 0 Å². The first kappa shape index (κ1) is 21.5. The summed E-state index contributed by atoms with van der Waals surface area (Å²) in [5.74, 6) is 0. The van der Waals surface area contributed by atoms with Crippen molar-refractivity contribution in [1.29, 1.82) is 0 Å². The van der Waals surface area contributed by atoms with E-state index in [1.165, 1.54) is 12.1 Å². The van der Waals surface area contributed by atoms with Crippen molar-refractivity contribution in [2.24, 2.45) is 0 Å². The highest BCUT2D eigenvalue weighted by Gasteiger charge is 2.23. The number of quaternary nitrogens is 2. The van der Waals surface area contributed by atoms with Crippen LogP contribution < -0.4 is 0 Å². The van der Waals surface area contributed by atoms with Gasteiger partial charge in [0.05, 0.1) is 63.3 Å². The molecule has 0 N–H and O–H groups in total. The number of benzene rings is 2. The molecular weight excluding hydrogens is 360 g/mol. The van der Waals surface area contributed by atoms with E-state index in [0.717, 1.165) is 0 Å². The van der Waals surface area contributed by atoms with Crippen LogP contribution in [0.3, 0.4) is 0 Å². The standard InChI is InChI=1S/C20H28N4O4/c1-23(2,3)13-17-9-7-15(11-19(17)21(25)26)16-8-10-18(14-24(4,5)6)20(12-16)22(27)28/h7-12H,13-14H2,1-6H3/q+2. The van der Waals surface area contributed by atoms with Crippen LogP contribution in [0.2, 0.25) is 0 Å². The molecule has 28 heavy (non-hydrogen) atoms. The lowest BCUT2D eigenvalue weighted by Gasteiger charge is -2.24. The lowest BCUT2D eigenvalue weighted by Crippen LogP contribution is -2.33. The van der Waals surface area contributed by atoms with Crippen molar-refractivity contribution < 1.29 is 18.8 Å². The molecule has 150 valence electrons. The summed E-state index contributed by atoms with van der Waals surface area (Å²) in [6.07, 6.45) is 0. The van der Waals surface area contributed by atoms with E-state index in [1.807, 2.05) is 42.3 Å². The minimum Gasteiger partial charge on any atom is -0.327 e. The highest BCUT2D eigenvalue weighted by atomic mass is 16.6. The molecule has 0 atom stereocenters. The van der Waals surface area contributed by atoms with Crippen molar-refractivity contribution in [2.75, 3.05) is 42.3 Å². The van der Waals surface area contributed by atoms with E-state index in [1.54, 1.807) is 24.3 Å². The molecule has 0 aliphatic carbocycles. The molecule has 2 aromatic rings. The zero-order valence-corrected chi connectivity index (χ0v) is 17.3. The van der Waals surface area contributed by atoms with Crippen molar-refractivity contribution in [3.05, 3.63) is 67.8 Å². The van der Waals surface area contributed by atoms with E-state index < -0.39 is 9.85 Å². The number of rotatable bonds is 7. The molecule has 0 fully saturated rings. The highest BCUT2D eigenvalue weighted by molar-refractivity contribution is 5.70. The van der Waals surface area contributed by atoms with E-state index in [4.69, 9.17) is 0 Å². The molecule has 0 heterocycles. The van der Waals surface area contributed by atoms with Gasteiger partial charge in [0.15, 0.2) is 0 Å². The molecule has 0 spiro atoms.